The lowest BCUT2D eigenvalue weighted by Crippen LogP contribution is -2.24. The Morgan fingerprint density at radius 2 is 2.00 bits per heavy atom. The minimum atomic E-state index is -0.561. The molecular weight excluding hydrogens is 303 g/mol. The molecule has 0 saturated heterocycles. The third-order valence-electron chi connectivity index (χ3n) is 3.46. The Hall–Kier alpha value is -2.20. The smallest absolute Gasteiger partial charge is 0.268 e. The van der Waals surface area contributed by atoms with E-state index in [1.807, 2.05) is 6.92 Å². The minimum Gasteiger partial charge on any atom is -0.268 e. The number of aryl methyl sites for hydroxylation is 1. The molecule has 1 aromatic heterocycles. The van der Waals surface area contributed by atoms with Crippen molar-refractivity contribution in [3.63, 3.8) is 0 Å². The Morgan fingerprint density at radius 3 is 2.73 bits per heavy atom. The Morgan fingerprint density at radius 1 is 1.23 bits per heavy atom. The van der Waals surface area contributed by atoms with Gasteiger partial charge in [0, 0.05) is 11.4 Å². The summed E-state index contributed by atoms with van der Waals surface area (Å²) in [6.45, 7) is 2.00. The Bertz CT molecular complexity index is 905. The van der Waals surface area contributed by atoms with Gasteiger partial charge in [0.1, 0.15) is 17.0 Å². The first-order chi connectivity index (χ1) is 10.6. The van der Waals surface area contributed by atoms with E-state index in [1.165, 1.54) is 10.6 Å². The zero-order valence-corrected chi connectivity index (χ0v) is 12.8. The highest BCUT2D eigenvalue weighted by atomic mass is 35.5. The van der Waals surface area contributed by atoms with E-state index in [2.05, 4.69) is 4.98 Å². The zero-order valence-electron chi connectivity index (χ0n) is 12.0. The van der Waals surface area contributed by atoms with Gasteiger partial charge in [-0.15, -0.1) is 0 Å². The first-order valence-corrected chi connectivity index (χ1v) is 7.45. The van der Waals surface area contributed by atoms with Gasteiger partial charge in [0.15, 0.2) is 0 Å². The monoisotopic (exact) mass is 316 g/mol. The van der Waals surface area contributed by atoms with E-state index in [1.54, 1.807) is 36.4 Å². The Balaban J connectivity index is 2.41. The first-order valence-electron chi connectivity index (χ1n) is 7.08. The number of benzene rings is 2. The summed E-state index contributed by atoms with van der Waals surface area (Å²) in [5.41, 5.74) is 0.569. The fourth-order valence-electron chi connectivity index (χ4n) is 2.51. The van der Waals surface area contributed by atoms with Crippen LogP contribution < -0.4 is 5.56 Å². The SMILES string of the molecule is CCCc1nc2cccc(F)c2c(=O)n1-c1cccc(Cl)c1. The van der Waals surface area contributed by atoms with Gasteiger partial charge in [-0.2, -0.15) is 0 Å². The summed E-state index contributed by atoms with van der Waals surface area (Å²) in [6.07, 6.45) is 1.45. The van der Waals surface area contributed by atoms with Crippen molar-refractivity contribution in [1.29, 1.82) is 0 Å². The van der Waals surface area contributed by atoms with E-state index in [-0.39, 0.29) is 5.39 Å². The lowest BCUT2D eigenvalue weighted by atomic mass is 10.2. The maximum Gasteiger partial charge on any atom is 0.268 e. The second kappa shape index (κ2) is 5.89. The van der Waals surface area contributed by atoms with E-state index in [0.29, 0.717) is 28.5 Å². The van der Waals surface area contributed by atoms with Crippen molar-refractivity contribution in [1.82, 2.24) is 9.55 Å². The molecule has 2 aromatic carbocycles. The molecule has 0 aliphatic rings. The van der Waals surface area contributed by atoms with Crippen molar-refractivity contribution in [2.45, 2.75) is 19.8 Å². The highest BCUT2D eigenvalue weighted by molar-refractivity contribution is 6.30. The quantitative estimate of drug-likeness (QED) is 0.728. The van der Waals surface area contributed by atoms with Crippen LogP contribution >= 0.6 is 11.6 Å². The van der Waals surface area contributed by atoms with Gasteiger partial charge in [0.05, 0.1) is 11.2 Å². The summed E-state index contributed by atoms with van der Waals surface area (Å²) >= 11 is 6.02. The molecule has 0 aliphatic carbocycles. The van der Waals surface area contributed by atoms with Crippen LogP contribution in [0.4, 0.5) is 4.39 Å². The van der Waals surface area contributed by atoms with Gasteiger partial charge in [0.2, 0.25) is 0 Å². The summed E-state index contributed by atoms with van der Waals surface area (Å²) in [5.74, 6) is 0.0432. The molecule has 0 radical (unpaired) electrons. The summed E-state index contributed by atoms with van der Waals surface area (Å²) in [6, 6.07) is 11.4. The number of halogens is 2. The number of hydrogen-bond donors (Lipinski definition) is 0. The predicted molar refractivity (Wildman–Crippen MR) is 86.3 cm³/mol. The summed E-state index contributed by atoms with van der Waals surface area (Å²) in [5, 5.41) is 0.516. The lowest BCUT2D eigenvalue weighted by molar-refractivity contribution is 0.636. The van der Waals surface area contributed by atoms with Crippen molar-refractivity contribution in [2.75, 3.05) is 0 Å². The zero-order chi connectivity index (χ0) is 15.7. The van der Waals surface area contributed by atoms with Crippen molar-refractivity contribution in [3.05, 3.63) is 69.5 Å². The van der Waals surface area contributed by atoms with Crippen LogP contribution in [0.3, 0.4) is 0 Å². The minimum absolute atomic E-state index is 0.00216. The molecule has 0 saturated carbocycles. The number of hydrogen-bond acceptors (Lipinski definition) is 2. The molecule has 0 N–H and O–H groups in total. The molecule has 3 aromatic rings. The highest BCUT2D eigenvalue weighted by Gasteiger charge is 2.15. The van der Waals surface area contributed by atoms with Crippen molar-refractivity contribution >= 4 is 22.5 Å². The highest BCUT2D eigenvalue weighted by Crippen LogP contribution is 2.18. The fourth-order valence-corrected chi connectivity index (χ4v) is 2.69. The summed E-state index contributed by atoms with van der Waals surface area (Å²) in [4.78, 5) is 17.3. The van der Waals surface area contributed by atoms with Gasteiger partial charge in [-0.1, -0.05) is 30.7 Å². The van der Waals surface area contributed by atoms with Crippen LogP contribution in [0.5, 0.6) is 0 Å². The maximum absolute atomic E-state index is 14.1. The average molecular weight is 317 g/mol. The predicted octanol–water partition coefficient (Wildman–Crippen LogP) is 4.13. The number of aromatic nitrogens is 2. The first kappa shape index (κ1) is 14.7. The molecule has 0 amide bonds. The standard InChI is InChI=1S/C17H14ClFN2O/c1-2-5-15-20-14-9-4-8-13(19)16(14)17(22)21(15)12-7-3-6-11(18)10-12/h3-4,6-10H,2,5H2,1H3. The molecule has 1 heterocycles. The Kier molecular flexibility index (Phi) is 3.94. The van der Waals surface area contributed by atoms with Gasteiger partial charge < -0.3 is 0 Å². The molecule has 0 bridgehead atoms. The van der Waals surface area contributed by atoms with Gasteiger partial charge >= 0.3 is 0 Å². The van der Waals surface area contributed by atoms with Crippen LogP contribution in [0.25, 0.3) is 16.6 Å². The lowest BCUT2D eigenvalue weighted by Gasteiger charge is -2.13. The van der Waals surface area contributed by atoms with Gasteiger partial charge in [0.25, 0.3) is 5.56 Å². The largest absolute Gasteiger partial charge is 0.268 e. The number of nitrogens with zero attached hydrogens (tertiary/aromatic N) is 2. The number of fused-ring (bicyclic) bond motifs is 1. The second-order valence-electron chi connectivity index (χ2n) is 5.03. The van der Waals surface area contributed by atoms with E-state index < -0.39 is 11.4 Å². The molecule has 0 unspecified atom stereocenters. The van der Waals surface area contributed by atoms with Crippen LogP contribution in [0, 0.1) is 5.82 Å². The molecule has 0 spiro atoms. The normalized spacial score (nSPS) is 11.0. The van der Waals surface area contributed by atoms with E-state index in [4.69, 9.17) is 11.6 Å². The van der Waals surface area contributed by atoms with Crippen molar-refractivity contribution in [3.8, 4) is 5.69 Å². The Labute approximate surface area is 132 Å². The fraction of sp³-hybridized carbons (Fsp3) is 0.176. The summed E-state index contributed by atoms with van der Waals surface area (Å²) in [7, 11) is 0. The molecular formula is C17H14ClFN2O. The van der Waals surface area contributed by atoms with Crippen LogP contribution in [-0.4, -0.2) is 9.55 Å². The van der Waals surface area contributed by atoms with Crippen LogP contribution in [0.2, 0.25) is 5.02 Å². The molecule has 0 fully saturated rings. The van der Waals surface area contributed by atoms with Crippen molar-refractivity contribution in [2.24, 2.45) is 0 Å². The van der Waals surface area contributed by atoms with Gasteiger partial charge in [-0.25, -0.2) is 9.37 Å². The molecule has 112 valence electrons. The molecule has 3 rings (SSSR count). The summed E-state index contributed by atoms with van der Waals surface area (Å²) < 4.78 is 15.5. The molecule has 0 atom stereocenters. The average Bonchev–Trinajstić information content (AvgIpc) is 2.47. The molecule has 5 heteroatoms. The van der Waals surface area contributed by atoms with E-state index >= 15 is 0 Å². The van der Waals surface area contributed by atoms with Crippen LogP contribution in [0.1, 0.15) is 19.2 Å². The molecule has 0 aliphatic heterocycles. The maximum atomic E-state index is 14.1. The van der Waals surface area contributed by atoms with Crippen LogP contribution in [-0.2, 0) is 6.42 Å². The molecule has 22 heavy (non-hydrogen) atoms. The third-order valence-corrected chi connectivity index (χ3v) is 3.69. The molecule has 3 nitrogen and oxygen atoms in total. The number of rotatable bonds is 3. The van der Waals surface area contributed by atoms with Gasteiger partial charge in [-0.3, -0.25) is 9.36 Å². The van der Waals surface area contributed by atoms with Gasteiger partial charge in [-0.05, 0) is 36.8 Å². The van der Waals surface area contributed by atoms with Crippen LogP contribution in [0.15, 0.2) is 47.3 Å². The van der Waals surface area contributed by atoms with Crippen molar-refractivity contribution < 1.29 is 4.39 Å². The van der Waals surface area contributed by atoms with E-state index in [9.17, 15) is 9.18 Å². The third kappa shape index (κ3) is 2.50. The second-order valence-corrected chi connectivity index (χ2v) is 5.47. The topological polar surface area (TPSA) is 34.9 Å². The van der Waals surface area contributed by atoms with E-state index in [0.717, 1.165) is 6.42 Å².